The highest BCUT2D eigenvalue weighted by Gasteiger charge is 1.96. The van der Waals surface area contributed by atoms with Crippen LogP contribution in [0, 0.1) is 6.20 Å². The Bertz CT molecular complexity index is 186. The van der Waals surface area contributed by atoms with Crippen molar-refractivity contribution in [3.05, 3.63) is 18.6 Å². The van der Waals surface area contributed by atoms with Crippen molar-refractivity contribution in [2.45, 2.75) is 20.0 Å². The molecule has 0 saturated heterocycles. The lowest BCUT2D eigenvalue weighted by Gasteiger charge is -2.05. The third-order valence-electron chi connectivity index (χ3n) is 0.841. The third kappa shape index (κ3) is 2.01. The van der Waals surface area contributed by atoms with E-state index in [1.165, 1.54) is 0 Å². The fourth-order valence-electron chi connectivity index (χ4n) is 0.536. The van der Waals surface area contributed by atoms with E-state index in [-0.39, 0.29) is 6.10 Å². The molecule has 53 valence electrons. The molecule has 0 fully saturated rings. The summed E-state index contributed by atoms with van der Waals surface area (Å²) in [5, 5.41) is 0. The molecule has 3 heteroatoms. The first-order valence-electron chi connectivity index (χ1n) is 3.14. The predicted molar refractivity (Wildman–Crippen MR) is 36.6 cm³/mol. The molecule has 0 aliphatic rings. The first-order valence-corrected chi connectivity index (χ1v) is 3.14. The van der Waals surface area contributed by atoms with Gasteiger partial charge < -0.3 is 4.74 Å². The van der Waals surface area contributed by atoms with Gasteiger partial charge in [0.15, 0.2) is 6.20 Å². The molecule has 1 aromatic heterocycles. The van der Waals surface area contributed by atoms with Crippen molar-refractivity contribution in [2.24, 2.45) is 0 Å². The van der Waals surface area contributed by atoms with Gasteiger partial charge in [-0.2, -0.15) is 0 Å². The first-order chi connectivity index (χ1) is 4.79. The summed E-state index contributed by atoms with van der Waals surface area (Å²) in [6, 6.07) is 0. The van der Waals surface area contributed by atoms with Gasteiger partial charge in [-0.1, -0.05) is 0 Å². The van der Waals surface area contributed by atoms with Crippen LogP contribution in [0.15, 0.2) is 12.4 Å². The maximum atomic E-state index is 5.18. The Kier molecular flexibility index (Phi) is 2.20. The van der Waals surface area contributed by atoms with Crippen LogP contribution in [0.3, 0.4) is 0 Å². The average molecular weight is 137 g/mol. The topological polar surface area (TPSA) is 35.0 Å². The fraction of sp³-hybridized carbons (Fsp3) is 0.429. The van der Waals surface area contributed by atoms with Gasteiger partial charge in [0.2, 0.25) is 5.88 Å². The molecule has 0 aliphatic heterocycles. The molecular formula is C7H9N2O. The lowest BCUT2D eigenvalue weighted by atomic mass is 10.5. The van der Waals surface area contributed by atoms with Gasteiger partial charge in [0.25, 0.3) is 0 Å². The molecule has 0 saturated carbocycles. The number of ether oxygens (including phenoxy) is 1. The molecule has 0 aliphatic carbocycles. The van der Waals surface area contributed by atoms with E-state index >= 15 is 0 Å². The highest BCUT2D eigenvalue weighted by molar-refractivity contribution is 4.99. The summed E-state index contributed by atoms with van der Waals surface area (Å²) in [7, 11) is 0. The molecule has 10 heavy (non-hydrogen) atoms. The zero-order valence-corrected chi connectivity index (χ0v) is 6.03. The third-order valence-corrected chi connectivity index (χ3v) is 0.841. The Morgan fingerprint density at radius 3 is 2.80 bits per heavy atom. The van der Waals surface area contributed by atoms with E-state index in [9.17, 15) is 0 Å². The van der Waals surface area contributed by atoms with Gasteiger partial charge >= 0.3 is 0 Å². The Hall–Kier alpha value is -1.12. The van der Waals surface area contributed by atoms with Crippen molar-refractivity contribution in [1.29, 1.82) is 0 Å². The molecule has 0 unspecified atom stereocenters. The number of nitrogens with zero attached hydrogens (tertiary/aromatic N) is 2. The van der Waals surface area contributed by atoms with Gasteiger partial charge in [0, 0.05) is 12.4 Å². The Labute approximate surface area is 60.1 Å². The number of hydrogen-bond acceptors (Lipinski definition) is 3. The van der Waals surface area contributed by atoms with E-state index in [0.717, 1.165) is 0 Å². The van der Waals surface area contributed by atoms with Crippen molar-refractivity contribution in [1.82, 2.24) is 9.97 Å². The summed E-state index contributed by atoms with van der Waals surface area (Å²) in [6.45, 7) is 3.87. The van der Waals surface area contributed by atoms with Gasteiger partial charge in [-0.05, 0) is 13.8 Å². The molecule has 0 atom stereocenters. The molecular weight excluding hydrogens is 128 g/mol. The zero-order chi connectivity index (χ0) is 7.40. The Morgan fingerprint density at radius 1 is 1.50 bits per heavy atom. The summed E-state index contributed by atoms with van der Waals surface area (Å²) in [5.74, 6) is 0.456. The van der Waals surface area contributed by atoms with Gasteiger partial charge in [-0.3, -0.25) is 0 Å². The molecule has 3 nitrogen and oxygen atoms in total. The number of rotatable bonds is 2. The van der Waals surface area contributed by atoms with Gasteiger partial charge in [-0.15, -0.1) is 0 Å². The molecule has 1 radical (unpaired) electrons. The summed E-state index contributed by atoms with van der Waals surface area (Å²) in [5.41, 5.74) is 0. The molecule has 1 heterocycles. The van der Waals surface area contributed by atoms with E-state index in [4.69, 9.17) is 4.74 Å². The van der Waals surface area contributed by atoms with Gasteiger partial charge in [-0.25, -0.2) is 9.97 Å². The Morgan fingerprint density at radius 2 is 2.30 bits per heavy atom. The minimum Gasteiger partial charge on any atom is -0.473 e. The van der Waals surface area contributed by atoms with Crippen molar-refractivity contribution >= 4 is 0 Å². The maximum absolute atomic E-state index is 5.18. The second-order valence-electron chi connectivity index (χ2n) is 2.14. The molecule has 0 bridgehead atoms. The van der Waals surface area contributed by atoms with Crippen LogP contribution in [0.2, 0.25) is 0 Å². The SMILES string of the molecule is CC(C)Oc1[c]nccn1. The van der Waals surface area contributed by atoms with Crippen molar-refractivity contribution in [3.8, 4) is 5.88 Å². The van der Waals surface area contributed by atoms with Crippen LogP contribution >= 0.6 is 0 Å². The van der Waals surface area contributed by atoms with Crippen molar-refractivity contribution < 1.29 is 4.74 Å². The summed E-state index contributed by atoms with van der Waals surface area (Å²) < 4.78 is 5.18. The average Bonchev–Trinajstić information content (AvgIpc) is 1.88. The molecule has 0 spiro atoms. The predicted octanol–water partition coefficient (Wildman–Crippen LogP) is 1.06. The quantitative estimate of drug-likeness (QED) is 0.611. The van der Waals surface area contributed by atoms with Crippen LogP contribution in [-0.4, -0.2) is 16.1 Å². The second-order valence-corrected chi connectivity index (χ2v) is 2.14. The first kappa shape index (κ1) is 6.99. The summed E-state index contributed by atoms with van der Waals surface area (Å²) in [4.78, 5) is 7.60. The minimum atomic E-state index is 0.132. The van der Waals surface area contributed by atoms with E-state index < -0.39 is 0 Å². The lowest BCUT2D eigenvalue weighted by molar-refractivity contribution is 0.231. The number of hydrogen-bond donors (Lipinski definition) is 0. The lowest BCUT2D eigenvalue weighted by Crippen LogP contribution is -2.06. The minimum absolute atomic E-state index is 0.132. The Balaban J connectivity index is 2.59. The van der Waals surface area contributed by atoms with E-state index in [0.29, 0.717) is 5.88 Å². The molecule has 0 amide bonds. The van der Waals surface area contributed by atoms with Gasteiger partial charge in [0.05, 0.1) is 6.10 Å². The van der Waals surface area contributed by atoms with Crippen LogP contribution in [0.4, 0.5) is 0 Å². The summed E-state index contributed by atoms with van der Waals surface area (Å²) in [6.07, 6.45) is 5.89. The van der Waals surface area contributed by atoms with Crippen molar-refractivity contribution in [2.75, 3.05) is 0 Å². The van der Waals surface area contributed by atoms with E-state index in [1.54, 1.807) is 12.4 Å². The van der Waals surface area contributed by atoms with Crippen LogP contribution in [0.25, 0.3) is 0 Å². The fourth-order valence-corrected chi connectivity index (χ4v) is 0.536. The van der Waals surface area contributed by atoms with E-state index in [1.807, 2.05) is 13.8 Å². The van der Waals surface area contributed by atoms with Crippen LogP contribution in [-0.2, 0) is 0 Å². The molecule has 0 aromatic carbocycles. The van der Waals surface area contributed by atoms with Crippen LogP contribution in [0.5, 0.6) is 5.88 Å². The summed E-state index contributed by atoms with van der Waals surface area (Å²) >= 11 is 0. The van der Waals surface area contributed by atoms with Crippen LogP contribution in [0.1, 0.15) is 13.8 Å². The highest BCUT2D eigenvalue weighted by Crippen LogP contribution is 2.01. The van der Waals surface area contributed by atoms with Crippen LogP contribution < -0.4 is 4.74 Å². The number of aromatic nitrogens is 2. The smallest absolute Gasteiger partial charge is 0.242 e. The molecule has 1 rings (SSSR count). The van der Waals surface area contributed by atoms with E-state index in [2.05, 4.69) is 16.2 Å². The largest absolute Gasteiger partial charge is 0.473 e. The second kappa shape index (κ2) is 3.15. The standard InChI is InChI=1S/C7H9N2O/c1-6(2)10-7-5-8-3-4-9-7/h3-4,6H,1-2H3. The maximum Gasteiger partial charge on any atom is 0.242 e. The highest BCUT2D eigenvalue weighted by atomic mass is 16.5. The monoisotopic (exact) mass is 137 g/mol. The normalized spacial score (nSPS) is 9.90. The zero-order valence-electron chi connectivity index (χ0n) is 6.03. The molecule has 1 aromatic rings. The molecule has 0 N–H and O–H groups in total. The van der Waals surface area contributed by atoms with Gasteiger partial charge in [0.1, 0.15) is 0 Å². The van der Waals surface area contributed by atoms with Crippen molar-refractivity contribution in [3.63, 3.8) is 0 Å².